The van der Waals surface area contributed by atoms with Crippen LogP contribution >= 0.6 is 0 Å². The molecular formula is C20H17NO5. The Balaban J connectivity index is 1.93. The van der Waals surface area contributed by atoms with Crippen molar-refractivity contribution < 1.29 is 23.7 Å². The van der Waals surface area contributed by atoms with Crippen LogP contribution in [0.15, 0.2) is 42.5 Å². The summed E-state index contributed by atoms with van der Waals surface area (Å²) in [4.78, 5) is 11.2. The number of fused-ring (bicyclic) bond motifs is 2. The number of nitrogens with one attached hydrogen (secondary N) is 1. The minimum Gasteiger partial charge on any atom is -0.493 e. The van der Waals surface area contributed by atoms with Gasteiger partial charge in [0, 0.05) is 10.9 Å². The maximum absolute atomic E-state index is 11.2. The normalized spacial score (nSPS) is 12.1. The lowest BCUT2D eigenvalue weighted by Crippen LogP contribution is -1.98. The summed E-state index contributed by atoms with van der Waals surface area (Å²) < 4.78 is 21.6. The Morgan fingerprint density at radius 2 is 1.73 bits per heavy atom. The van der Waals surface area contributed by atoms with Crippen molar-refractivity contribution in [2.45, 2.75) is 0 Å². The van der Waals surface area contributed by atoms with Crippen molar-refractivity contribution in [1.82, 2.24) is 0 Å². The van der Waals surface area contributed by atoms with Crippen molar-refractivity contribution in [2.24, 2.45) is 0 Å². The average Bonchev–Trinajstić information content (AvgIpc) is 3.13. The van der Waals surface area contributed by atoms with Crippen LogP contribution in [0.5, 0.6) is 23.0 Å². The summed E-state index contributed by atoms with van der Waals surface area (Å²) in [6, 6.07) is 13.4. The van der Waals surface area contributed by atoms with Crippen LogP contribution in [0.4, 0.5) is 5.69 Å². The molecule has 6 heteroatoms. The van der Waals surface area contributed by atoms with E-state index in [1.165, 1.54) is 0 Å². The zero-order valence-corrected chi connectivity index (χ0v) is 14.4. The third kappa shape index (κ3) is 2.56. The van der Waals surface area contributed by atoms with Crippen LogP contribution in [0.3, 0.4) is 0 Å². The summed E-state index contributed by atoms with van der Waals surface area (Å²) in [5.74, 6) is 2.63. The van der Waals surface area contributed by atoms with Crippen LogP contribution < -0.4 is 24.3 Å². The molecule has 1 aliphatic heterocycles. The van der Waals surface area contributed by atoms with Gasteiger partial charge in [0.1, 0.15) is 0 Å². The molecule has 0 spiro atoms. The molecule has 1 heterocycles. The molecule has 132 valence electrons. The number of amides is 1. The molecule has 1 N–H and O–H groups in total. The van der Waals surface area contributed by atoms with E-state index >= 15 is 0 Å². The predicted molar refractivity (Wildman–Crippen MR) is 98.3 cm³/mol. The van der Waals surface area contributed by atoms with Crippen molar-refractivity contribution in [3.63, 3.8) is 0 Å². The van der Waals surface area contributed by atoms with E-state index in [0.29, 0.717) is 35.1 Å². The average molecular weight is 351 g/mol. The lowest BCUT2D eigenvalue weighted by atomic mass is 9.97. The third-order valence-electron chi connectivity index (χ3n) is 4.41. The molecular weight excluding hydrogens is 334 g/mol. The predicted octanol–water partition coefficient (Wildman–Crippen LogP) is 3.82. The molecule has 3 aromatic carbocycles. The molecule has 0 atom stereocenters. The summed E-state index contributed by atoms with van der Waals surface area (Å²) in [6.07, 6.45) is 0.670. The van der Waals surface area contributed by atoms with E-state index in [1.54, 1.807) is 14.2 Å². The minimum absolute atomic E-state index is 0.199. The first-order valence-corrected chi connectivity index (χ1v) is 8.04. The first-order valence-electron chi connectivity index (χ1n) is 8.04. The number of benzene rings is 3. The standard InChI is InChI=1S/C20H17NO5/c1-23-16-6-4-12(7-17(16)24-2)14-5-3-13-8-18-19(26-11-25-18)9-15(13)20(14)21-10-22/h3-10H,11H2,1-2H3,(H,21,22). The second-order valence-corrected chi connectivity index (χ2v) is 5.75. The summed E-state index contributed by atoms with van der Waals surface area (Å²) >= 11 is 0. The quantitative estimate of drug-likeness (QED) is 0.708. The van der Waals surface area contributed by atoms with Crippen LogP contribution in [0.1, 0.15) is 0 Å². The molecule has 3 aromatic rings. The molecule has 0 bridgehead atoms. The minimum atomic E-state index is 0.199. The second kappa shape index (κ2) is 6.48. The van der Waals surface area contributed by atoms with Crippen LogP contribution in [-0.4, -0.2) is 27.4 Å². The largest absolute Gasteiger partial charge is 0.493 e. The summed E-state index contributed by atoms with van der Waals surface area (Å²) in [5.41, 5.74) is 2.46. The number of methoxy groups -OCH3 is 2. The molecule has 26 heavy (non-hydrogen) atoms. The fraction of sp³-hybridized carbons (Fsp3) is 0.150. The first kappa shape index (κ1) is 16.1. The second-order valence-electron chi connectivity index (χ2n) is 5.75. The summed E-state index contributed by atoms with van der Waals surface area (Å²) in [7, 11) is 3.18. The van der Waals surface area contributed by atoms with Gasteiger partial charge in [-0.1, -0.05) is 18.2 Å². The van der Waals surface area contributed by atoms with Gasteiger partial charge in [0.25, 0.3) is 0 Å². The van der Waals surface area contributed by atoms with Gasteiger partial charge >= 0.3 is 0 Å². The Bertz CT molecular complexity index is 999. The van der Waals surface area contributed by atoms with Gasteiger partial charge in [-0.15, -0.1) is 0 Å². The summed E-state index contributed by atoms with van der Waals surface area (Å²) in [6.45, 7) is 0.199. The Kier molecular flexibility index (Phi) is 4.01. The molecule has 0 saturated carbocycles. The zero-order valence-electron chi connectivity index (χ0n) is 14.4. The highest BCUT2D eigenvalue weighted by Gasteiger charge is 2.18. The van der Waals surface area contributed by atoms with Gasteiger partial charge in [-0.2, -0.15) is 0 Å². The van der Waals surface area contributed by atoms with Gasteiger partial charge in [-0.3, -0.25) is 4.79 Å². The van der Waals surface area contributed by atoms with Gasteiger partial charge in [-0.25, -0.2) is 0 Å². The van der Waals surface area contributed by atoms with Crippen LogP contribution in [0, 0.1) is 0 Å². The third-order valence-corrected chi connectivity index (χ3v) is 4.41. The van der Waals surface area contributed by atoms with E-state index in [9.17, 15) is 4.79 Å². The fourth-order valence-electron chi connectivity index (χ4n) is 3.17. The molecule has 0 radical (unpaired) electrons. The van der Waals surface area contributed by atoms with Crippen LogP contribution in [-0.2, 0) is 4.79 Å². The van der Waals surface area contributed by atoms with E-state index in [2.05, 4.69) is 5.32 Å². The molecule has 0 fully saturated rings. The number of carbonyl (C=O) groups is 1. The van der Waals surface area contributed by atoms with Crippen LogP contribution in [0.2, 0.25) is 0 Å². The van der Waals surface area contributed by atoms with E-state index in [0.717, 1.165) is 21.9 Å². The van der Waals surface area contributed by atoms with Crippen molar-refractivity contribution >= 4 is 22.9 Å². The van der Waals surface area contributed by atoms with Gasteiger partial charge in [0.05, 0.1) is 19.9 Å². The number of rotatable bonds is 5. The molecule has 0 aliphatic carbocycles. The highest BCUT2D eigenvalue weighted by atomic mass is 16.7. The molecule has 6 nitrogen and oxygen atoms in total. The lowest BCUT2D eigenvalue weighted by molar-refractivity contribution is -0.105. The molecule has 4 rings (SSSR count). The van der Waals surface area contributed by atoms with E-state index < -0.39 is 0 Å². The zero-order chi connectivity index (χ0) is 18.1. The molecule has 0 aromatic heterocycles. The molecule has 0 unspecified atom stereocenters. The van der Waals surface area contributed by atoms with Crippen molar-refractivity contribution in [1.29, 1.82) is 0 Å². The molecule has 0 saturated heterocycles. The van der Waals surface area contributed by atoms with E-state index in [-0.39, 0.29) is 6.79 Å². The van der Waals surface area contributed by atoms with Crippen molar-refractivity contribution in [2.75, 3.05) is 26.3 Å². The van der Waals surface area contributed by atoms with Gasteiger partial charge in [0.15, 0.2) is 23.0 Å². The SMILES string of the molecule is COc1ccc(-c2ccc3cc4c(cc3c2NC=O)OCO4)cc1OC. The van der Waals surface area contributed by atoms with Crippen LogP contribution in [0.25, 0.3) is 21.9 Å². The topological polar surface area (TPSA) is 66.0 Å². The smallest absolute Gasteiger partial charge is 0.231 e. The maximum Gasteiger partial charge on any atom is 0.231 e. The fourth-order valence-corrected chi connectivity index (χ4v) is 3.17. The molecule has 1 amide bonds. The van der Waals surface area contributed by atoms with E-state index in [4.69, 9.17) is 18.9 Å². The Labute approximate surface area is 150 Å². The maximum atomic E-state index is 11.2. The van der Waals surface area contributed by atoms with E-state index in [1.807, 2.05) is 42.5 Å². The number of ether oxygens (including phenoxy) is 4. The number of hydrogen-bond acceptors (Lipinski definition) is 5. The number of carbonyl (C=O) groups excluding carboxylic acids is 1. The highest BCUT2D eigenvalue weighted by Crippen LogP contribution is 2.43. The van der Waals surface area contributed by atoms with Crippen molar-refractivity contribution in [3.8, 4) is 34.1 Å². The monoisotopic (exact) mass is 351 g/mol. The Hall–Kier alpha value is -3.41. The molecule has 1 aliphatic rings. The highest BCUT2D eigenvalue weighted by molar-refractivity contribution is 6.06. The number of hydrogen-bond donors (Lipinski definition) is 1. The van der Waals surface area contributed by atoms with Gasteiger partial charge in [-0.05, 0) is 35.2 Å². The van der Waals surface area contributed by atoms with Gasteiger partial charge < -0.3 is 24.3 Å². The first-order chi connectivity index (χ1) is 12.7. The summed E-state index contributed by atoms with van der Waals surface area (Å²) in [5, 5.41) is 4.64. The Morgan fingerprint density at radius 3 is 2.46 bits per heavy atom. The van der Waals surface area contributed by atoms with Gasteiger partial charge in [0.2, 0.25) is 13.2 Å². The Morgan fingerprint density at radius 1 is 0.962 bits per heavy atom. The number of anilines is 1. The lowest BCUT2D eigenvalue weighted by Gasteiger charge is -2.15. The van der Waals surface area contributed by atoms with Crippen molar-refractivity contribution in [3.05, 3.63) is 42.5 Å².